The summed E-state index contributed by atoms with van der Waals surface area (Å²) in [6, 6.07) is 19.3. The normalized spacial score (nSPS) is 11.2. The van der Waals surface area contributed by atoms with Crippen LogP contribution in [0.3, 0.4) is 0 Å². The van der Waals surface area contributed by atoms with Gasteiger partial charge in [-0.25, -0.2) is 14.8 Å². The smallest absolute Gasteiger partial charge is 0.335 e. The molecule has 34 heavy (non-hydrogen) atoms. The van der Waals surface area contributed by atoms with Crippen LogP contribution in [0.15, 0.2) is 86.0 Å². The van der Waals surface area contributed by atoms with Crippen LogP contribution >= 0.6 is 0 Å². The van der Waals surface area contributed by atoms with Gasteiger partial charge in [0, 0.05) is 18.7 Å². The molecule has 0 fully saturated rings. The molecule has 6 heteroatoms. The molecule has 5 rings (SSSR count). The van der Waals surface area contributed by atoms with Gasteiger partial charge in [-0.2, -0.15) is 0 Å². The third-order valence-corrected chi connectivity index (χ3v) is 6.01. The number of carboxylic acids is 1. The van der Waals surface area contributed by atoms with Gasteiger partial charge in [0.25, 0.3) is 0 Å². The Morgan fingerprint density at radius 1 is 0.853 bits per heavy atom. The molecule has 0 saturated carbocycles. The summed E-state index contributed by atoms with van der Waals surface area (Å²) in [5.41, 5.74) is 6.91. The number of hydrogen-bond donors (Lipinski definition) is 1. The van der Waals surface area contributed by atoms with E-state index in [4.69, 9.17) is 9.97 Å². The number of imidazole rings is 2. The molecule has 0 aliphatic rings. The van der Waals surface area contributed by atoms with Gasteiger partial charge in [-0.3, -0.25) is 0 Å². The van der Waals surface area contributed by atoms with Crippen LogP contribution in [0.2, 0.25) is 0 Å². The molecule has 0 amide bonds. The second kappa shape index (κ2) is 8.48. The first-order chi connectivity index (χ1) is 16.5. The van der Waals surface area contributed by atoms with Crippen molar-refractivity contribution in [2.24, 2.45) is 0 Å². The largest absolute Gasteiger partial charge is 0.478 e. The first-order valence-electron chi connectivity index (χ1n) is 11.0. The second-order valence-electron chi connectivity index (χ2n) is 8.19. The van der Waals surface area contributed by atoms with Gasteiger partial charge >= 0.3 is 5.97 Å². The van der Waals surface area contributed by atoms with Crippen molar-refractivity contribution in [3.63, 3.8) is 0 Å². The number of carbonyl (C=O) groups is 1. The van der Waals surface area contributed by atoms with Crippen LogP contribution in [0.5, 0.6) is 0 Å². The second-order valence-corrected chi connectivity index (χ2v) is 8.19. The SMILES string of the molecule is C=CCn1c(C)nc2cc(-c3ccc4c(c3)nc(-c3cccc(C(=O)O)c3)n4CC=C)ccc21. The van der Waals surface area contributed by atoms with Crippen LogP contribution in [-0.2, 0) is 13.1 Å². The van der Waals surface area contributed by atoms with Crippen molar-refractivity contribution in [2.75, 3.05) is 0 Å². The van der Waals surface area contributed by atoms with E-state index in [9.17, 15) is 9.90 Å². The zero-order valence-electron chi connectivity index (χ0n) is 18.9. The van der Waals surface area contributed by atoms with Crippen LogP contribution < -0.4 is 0 Å². The summed E-state index contributed by atoms with van der Waals surface area (Å²) in [5.74, 6) is 0.708. The van der Waals surface area contributed by atoms with Crippen molar-refractivity contribution >= 4 is 28.0 Å². The molecule has 0 aliphatic carbocycles. The number of allylic oxidation sites excluding steroid dienone is 2. The average molecular weight is 449 g/mol. The molecule has 2 aromatic heterocycles. The summed E-state index contributed by atoms with van der Waals surface area (Å²) in [6.45, 7) is 11.0. The van der Waals surface area contributed by atoms with Gasteiger partial charge in [0.15, 0.2) is 0 Å². The molecule has 5 aromatic rings. The molecule has 0 spiro atoms. The predicted molar refractivity (Wildman–Crippen MR) is 136 cm³/mol. The number of hydrogen-bond acceptors (Lipinski definition) is 3. The van der Waals surface area contributed by atoms with E-state index in [-0.39, 0.29) is 5.56 Å². The maximum atomic E-state index is 11.5. The Bertz CT molecular complexity index is 1590. The molecule has 2 heterocycles. The van der Waals surface area contributed by atoms with E-state index in [0.717, 1.165) is 51.1 Å². The number of rotatable bonds is 7. The Kier molecular flexibility index (Phi) is 5.34. The third kappa shape index (κ3) is 3.59. The zero-order valence-corrected chi connectivity index (χ0v) is 18.9. The molecule has 3 aromatic carbocycles. The van der Waals surface area contributed by atoms with Gasteiger partial charge in [0.2, 0.25) is 0 Å². The monoisotopic (exact) mass is 448 g/mol. The maximum absolute atomic E-state index is 11.5. The standard InChI is InChI=1S/C28H24N4O2/c1-4-13-31-18(3)29-23-16-19(9-11-25(23)31)20-10-12-26-24(17-20)30-27(32(26)14-5-2)21-7-6-8-22(15-21)28(33)34/h4-12,15-17H,1-2,13-14H2,3H3,(H,33,34). The predicted octanol–water partition coefficient (Wildman–Crippen LogP) is 6.10. The molecular formula is C28H24N4O2. The van der Waals surface area contributed by atoms with E-state index >= 15 is 0 Å². The summed E-state index contributed by atoms with van der Waals surface area (Å²) in [5, 5.41) is 9.40. The van der Waals surface area contributed by atoms with Crippen LogP contribution in [0.25, 0.3) is 44.6 Å². The third-order valence-electron chi connectivity index (χ3n) is 6.01. The van der Waals surface area contributed by atoms with Crippen LogP contribution in [0.1, 0.15) is 16.2 Å². The highest BCUT2D eigenvalue weighted by atomic mass is 16.4. The Balaban J connectivity index is 1.62. The molecule has 0 radical (unpaired) electrons. The van der Waals surface area contributed by atoms with E-state index < -0.39 is 5.97 Å². The zero-order chi connectivity index (χ0) is 23.8. The first kappa shape index (κ1) is 21.4. The van der Waals surface area contributed by atoms with Gasteiger partial charge in [0.05, 0.1) is 27.6 Å². The fourth-order valence-corrected chi connectivity index (χ4v) is 4.42. The first-order valence-corrected chi connectivity index (χ1v) is 11.0. The Morgan fingerprint density at radius 2 is 1.47 bits per heavy atom. The number of fused-ring (bicyclic) bond motifs is 2. The molecule has 0 saturated heterocycles. The highest BCUT2D eigenvalue weighted by molar-refractivity contribution is 5.91. The van der Waals surface area contributed by atoms with Crippen molar-refractivity contribution in [1.82, 2.24) is 19.1 Å². The lowest BCUT2D eigenvalue weighted by atomic mass is 10.0. The van der Waals surface area contributed by atoms with Crippen LogP contribution in [0, 0.1) is 6.92 Å². The van der Waals surface area contributed by atoms with Crippen molar-refractivity contribution in [1.29, 1.82) is 0 Å². The topological polar surface area (TPSA) is 72.9 Å². The van der Waals surface area contributed by atoms with Gasteiger partial charge < -0.3 is 14.2 Å². The molecule has 1 N–H and O–H groups in total. The van der Waals surface area contributed by atoms with Gasteiger partial charge in [-0.1, -0.05) is 36.4 Å². The lowest BCUT2D eigenvalue weighted by Gasteiger charge is -2.08. The number of carboxylic acid groups (broad SMARTS) is 1. The van der Waals surface area contributed by atoms with Crippen LogP contribution in [0.4, 0.5) is 0 Å². The highest BCUT2D eigenvalue weighted by Gasteiger charge is 2.15. The molecule has 0 unspecified atom stereocenters. The molecule has 0 atom stereocenters. The van der Waals surface area contributed by atoms with Gasteiger partial charge in [-0.05, 0) is 54.4 Å². The maximum Gasteiger partial charge on any atom is 0.335 e. The molecule has 168 valence electrons. The van der Waals surface area contributed by atoms with Crippen molar-refractivity contribution in [2.45, 2.75) is 20.0 Å². The van der Waals surface area contributed by atoms with Crippen molar-refractivity contribution in [3.05, 3.63) is 97.4 Å². The van der Waals surface area contributed by atoms with Crippen molar-refractivity contribution in [3.8, 4) is 22.5 Å². The van der Waals surface area contributed by atoms with E-state index in [1.807, 2.05) is 25.1 Å². The summed E-state index contributed by atoms with van der Waals surface area (Å²) in [7, 11) is 0. The highest BCUT2D eigenvalue weighted by Crippen LogP contribution is 2.31. The molecule has 6 nitrogen and oxygen atoms in total. The fraction of sp³-hybridized carbons (Fsp3) is 0.107. The summed E-state index contributed by atoms with van der Waals surface area (Å²) >= 11 is 0. The van der Waals surface area contributed by atoms with E-state index in [1.165, 1.54) is 0 Å². The summed E-state index contributed by atoms with van der Waals surface area (Å²) in [4.78, 5) is 21.1. The minimum atomic E-state index is -0.961. The quantitative estimate of drug-likeness (QED) is 0.305. The molecular weight excluding hydrogens is 424 g/mol. The summed E-state index contributed by atoms with van der Waals surface area (Å²) in [6.07, 6.45) is 3.69. The number of nitrogens with zero attached hydrogens (tertiary/aromatic N) is 4. The molecule has 0 aliphatic heterocycles. The van der Waals surface area contributed by atoms with E-state index in [0.29, 0.717) is 12.4 Å². The Morgan fingerprint density at radius 3 is 2.12 bits per heavy atom. The number of aromatic carboxylic acids is 1. The van der Waals surface area contributed by atoms with Gasteiger partial charge in [0.1, 0.15) is 11.6 Å². The minimum Gasteiger partial charge on any atom is -0.478 e. The Hall–Kier alpha value is -4.45. The van der Waals surface area contributed by atoms with Gasteiger partial charge in [-0.15, -0.1) is 13.2 Å². The van der Waals surface area contributed by atoms with E-state index in [1.54, 1.807) is 18.2 Å². The Labute approximate surface area is 197 Å². The fourth-order valence-electron chi connectivity index (χ4n) is 4.42. The lowest BCUT2D eigenvalue weighted by Crippen LogP contribution is -2.00. The summed E-state index contributed by atoms with van der Waals surface area (Å²) < 4.78 is 4.19. The van der Waals surface area contributed by atoms with Crippen molar-refractivity contribution < 1.29 is 9.90 Å². The average Bonchev–Trinajstić information content (AvgIpc) is 3.36. The lowest BCUT2D eigenvalue weighted by molar-refractivity contribution is 0.0697. The van der Waals surface area contributed by atoms with Crippen LogP contribution in [-0.4, -0.2) is 30.2 Å². The minimum absolute atomic E-state index is 0.231. The molecule has 0 bridgehead atoms. The van der Waals surface area contributed by atoms with E-state index in [2.05, 4.69) is 58.7 Å². The number of aromatic nitrogens is 4. The number of aryl methyl sites for hydroxylation is 1. The number of benzene rings is 3.